The van der Waals surface area contributed by atoms with Crippen LogP contribution in [0, 0.1) is 0 Å². The monoisotopic (exact) mass is 220 g/mol. The summed E-state index contributed by atoms with van der Waals surface area (Å²) in [5.41, 5.74) is 1.98. The first-order valence-electron chi connectivity index (χ1n) is 5.42. The summed E-state index contributed by atoms with van der Waals surface area (Å²) in [4.78, 5) is 0. The van der Waals surface area contributed by atoms with Gasteiger partial charge in [-0.3, -0.25) is 0 Å². The predicted octanol–water partition coefficient (Wildman–Crippen LogP) is 2.41. The smallest absolute Gasteiger partial charge is 0.183 e. The van der Waals surface area contributed by atoms with Crippen LogP contribution in [-0.2, 0) is 0 Å². The van der Waals surface area contributed by atoms with Gasteiger partial charge < -0.3 is 0 Å². The molecule has 2 aromatic rings. The molecule has 1 heterocycles. The van der Waals surface area contributed by atoms with Crippen molar-refractivity contribution >= 4 is 11.7 Å². The average Bonchev–Trinajstić information content (AvgIpc) is 2.90. The van der Waals surface area contributed by atoms with Crippen LogP contribution in [0.4, 0.5) is 0 Å². The summed E-state index contributed by atoms with van der Waals surface area (Å²) in [5, 5.41) is 12.6. The molecule has 0 atom stereocenters. The molecule has 0 amide bonds. The first kappa shape index (κ1) is 9.78. The zero-order chi connectivity index (χ0) is 11.5. The van der Waals surface area contributed by atoms with Crippen molar-refractivity contribution in [3.05, 3.63) is 71.8 Å². The minimum Gasteiger partial charge on any atom is -0.204 e. The van der Waals surface area contributed by atoms with Gasteiger partial charge in [0.15, 0.2) is 11.7 Å². The lowest BCUT2D eigenvalue weighted by molar-refractivity contribution is 1.26. The normalized spacial score (nSPS) is 13.9. The fourth-order valence-corrected chi connectivity index (χ4v) is 1.66. The van der Waals surface area contributed by atoms with Gasteiger partial charge in [0.2, 0.25) is 0 Å². The largest absolute Gasteiger partial charge is 0.204 e. The van der Waals surface area contributed by atoms with Gasteiger partial charge in [0.25, 0.3) is 0 Å². The standard InChI is InChI=1S/C14H10N3/c1-3-7-11(8-4-1)13-15-14(17-16-13)12-9-5-2-6-10-12/h1-10H. The Kier molecular flexibility index (Phi) is 2.43. The maximum absolute atomic E-state index is 4.43. The van der Waals surface area contributed by atoms with Crippen LogP contribution < -0.4 is 5.32 Å². The van der Waals surface area contributed by atoms with Gasteiger partial charge in [-0.2, -0.15) is 0 Å². The molecule has 81 valence electrons. The Morgan fingerprint density at radius 2 is 0.941 bits per heavy atom. The van der Waals surface area contributed by atoms with E-state index in [9.17, 15) is 0 Å². The van der Waals surface area contributed by atoms with Gasteiger partial charge in [-0.05, 0) is 0 Å². The molecule has 0 saturated carbocycles. The van der Waals surface area contributed by atoms with Crippen molar-refractivity contribution in [3.63, 3.8) is 0 Å². The van der Waals surface area contributed by atoms with E-state index in [-0.39, 0.29) is 0 Å². The van der Waals surface area contributed by atoms with Crippen molar-refractivity contribution in [1.82, 2.24) is 5.32 Å². The molecule has 0 aromatic heterocycles. The van der Waals surface area contributed by atoms with Crippen LogP contribution in [0.15, 0.2) is 70.9 Å². The number of rotatable bonds is 2. The zero-order valence-corrected chi connectivity index (χ0v) is 9.12. The number of nitrogens with zero attached hydrogens (tertiary/aromatic N) is 3. The molecule has 0 unspecified atom stereocenters. The van der Waals surface area contributed by atoms with Gasteiger partial charge in [-0.15, -0.1) is 10.2 Å². The highest BCUT2D eigenvalue weighted by Gasteiger charge is 2.16. The van der Waals surface area contributed by atoms with Gasteiger partial charge in [0.05, 0.1) is 0 Å². The second-order valence-electron chi connectivity index (χ2n) is 3.69. The molecule has 0 saturated heterocycles. The van der Waals surface area contributed by atoms with Crippen LogP contribution in [-0.4, -0.2) is 11.7 Å². The lowest BCUT2D eigenvalue weighted by Gasteiger charge is -2.01. The minimum absolute atomic E-state index is 0.671. The summed E-state index contributed by atoms with van der Waals surface area (Å²) in [6, 6.07) is 19.7. The molecular formula is C14H10N3. The molecule has 0 aliphatic carbocycles. The Morgan fingerprint density at radius 3 is 1.35 bits per heavy atom. The van der Waals surface area contributed by atoms with Gasteiger partial charge >= 0.3 is 0 Å². The number of hydrogen-bond donors (Lipinski definition) is 0. The molecule has 3 heteroatoms. The Bertz CT molecular complexity index is 517. The molecule has 17 heavy (non-hydrogen) atoms. The molecule has 1 aliphatic heterocycles. The number of benzene rings is 2. The summed E-state index contributed by atoms with van der Waals surface area (Å²) >= 11 is 0. The third-order valence-electron chi connectivity index (χ3n) is 2.52. The van der Waals surface area contributed by atoms with Crippen molar-refractivity contribution in [2.75, 3.05) is 0 Å². The van der Waals surface area contributed by atoms with E-state index in [2.05, 4.69) is 15.5 Å². The fraction of sp³-hybridized carbons (Fsp3) is 0. The molecule has 3 rings (SSSR count). The van der Waals surface area contributed by atoms with E-state index >= 15 is 0 Å². The van der Waals surface area contributed by atoms with Crippen LogP contribution in [0.5, 0.6) is 0 Å². The van der Waals surface area contributed by atoms with Crippen molar-refractivity contribution in [2.45, 2.75) is 0 Å². The van der Waals surface area contributed by atoms with E-state index in [4.69, 9.17) is 0 Å². The molecule has 2 aromatic carbocycles. The van der Waals surface area contributed by atoms with Crippen LogP contribution in [0.3, 0.4) is 0 Å². The topological polar surface area (TPSA) is 38.8 Å². The van der Waals surface area contributed by atoms with Gasteiger partial charge in [-0.1, -0.05) is 60.7 Å². The third-order valence-corrected chi connectivity index (χ3v) is 2.52. The van der Waals surface area contributed by atoms with Crippen molar-refractivity contribution in [2.24, 2.45) is 10.2 Å². The first-order valence-corrected chi connectivity index (χ1v) is 5.42. The highest BCUT2D eigenvalue weighted by atomic mass is 15.3. The molecule has 1 aliphatic rings. The van der Waals surface area contributed by atoms with E-state index in [1.165, 1.54) is 0 Å². The fourth-order valence-electron chi connectivity index (χ4n) is 1.66. The Balaban J connectivity index is 1.81. The van der Waals surface area contributed by atoms with Gasteiger partial charge in [0, 0.05) is 11.1 Å². The lowest BCUT2D eigenvalue weighted by Crippen LogP contribution is -2.19. The van der Waals surface area contributed by atoms with Crippen molar-refractivity contribution in [1.29, 1.82) is 0 Å². The maximum atomic E-state index is 4.43. The Hall–Kier alpha value is -2.42. The Morgan fingerprint density at radius 1 is 0.529 bits per heavy atom. The van der Waals surface area contributed by atoms with Crippen LogP contribution in [0.1, 0.15) is 11.1 Å². The summed E-state index contributed by atoms with van der Waals surface area (Å²) in [6.45, 7) is 0. The number of amidine groups is 2. The quantitative estimate of drug-likeness (QED) is 0.745. The van der Waals surface area contributed by atoms with E-state index in [0.717, 1.165) is 11.1 Å². The molecule has 0 bridgehead atoms. The molecule has 0 N–H and O–H groups in total. The summed E-state index contributed by atoms with van der Waals surface area (Å²) in [7, 11) is 0. The molecule has 1 radical (unpaired) electrons. The summed E-state index contributed by atoms with van der Waals surface area (Å²) in [6.07, 6.45) is 0. The molecule has 3 nitrogen and oxygen atoms in total. The summed E-state index contributed by atoms with van der Waals surface area (Å²) < 4.78 is 0. The number of hydrogen-bond acceptors (Lipinski definition) is 2. The van der Waals surface area contributed by atoms with E-state index in [1.54, 1.807) is 0 Å². The van der Waals surface area contributed by atoms with Crippen molar-refractivity contribution < 1.29 is 0 Å². The highest BCUT2D eigenvalue weighted by molar-refractivity contribution is 6.16. The van der Waals surface area contributed by atoms with Gasteiger partial charge in [0.1, 0.15) is 0 Å². The SMILES string of the molecule is c1ccc(C2=NN=C(c3ccccc3)[N]2)cc1. The van der Waals surface area contributed by atoms with Crippen molar-refractivity contribution in [3.8, 4) is 0 Å². The molecular weight excluding hydrogens is 210 g/mol. The van der Waals surface area contributed by atoms with Crippen LogP contribution in [0.25, 0.3) is 0 Å². The molecule has 0 spiro atoms. The zero-order valence-electron chi connectivity index (χ0n) is 9.12. The third kappa shape index (κ3) is 1.95. The van der Waals surface area contributed by atoms with Gasteiger partial charge in [-0.25, -0.2) is 5.32 Å². The maximum Gasteiger partial charge on any atom is 0.183 e. The van der Waals surface area contributed by atoms with E-state index in [0.29, 0.717) is 11.7 Å². The second-order valence-corrected chi connectivity index (χ2v) is 3.69. The highest BCUT2D eigenvalue weighted by Crippen LogP contribution is 2.09. The summed E-state index contributed by atoms with van der Waals surface area (Å²) in [5.74, 6) is 1.34. The second kappa shape index (κ2) is 4.22. The van der Waals surface area contributed by atoms with Crippen LogP contribution >= 0.6 is 0 Å². The predicted molar refractivity (Wildman–Crippen MR) is 68.1 cm³/mol. The lowest BCUT2D eigenvalue weighted by atomic mass is 10.2. The average molecular weight is 220 g/mol. The Labute approximate surface area is 99.5 Å². The van der Waals surface area contributed by atoms with E-state index in [1.807, 2.05) is 60.7 Å². The first-order chi connectivity index (χ1) is 8.43. The molecule has 0 fully saturated rings. The minimum atomic E-state index is 0.671. The van der Waals surface area contributed by atoms with E-state index < -0.39 is 0 Å². The van der Waals surface area contributed by atoms with Crippen LogP contribution in [0.2, 0.25) is 0 Å².